The van der Waals surface area contributed by atoms with Crippen molar-refractivity contribution in [1.82, 2.24) is 15.2 Å². The molecular formula is C31H48N4O4S. The second-order valence-corrected chi connectivity index (χ2v) is 11.9. The quantitative estimate of drug-likeness (QED) is 0.109. The van der Waals surface area contributed by atoms with E-state index in [-0.39, 0.29) is 6.29 Å². The first-order valence-corrected chi connectivity index (χ1v) is 15.2. The lowest BCUT2D eigenvalue weighted by molar-refractivity contribution is -0.170. The highest BCUT2D eigenvalue weighted by Gasteiger charge is 2.54. The molecule has 40 heavy (non-hydrogen) atoms. The van der Waals surface area contributed by atoms with Crippen molar-refractivity contribution in [2.45, 2.75) is 57.3 Å². The summed E-state index contributed by atoms with van der Waals surface area (Å²) in [5.74, 6) is 2.52. The predicted octanol–water partition coefficient (Wildman–Crippen LogP) is 4.90. The van der Waals surface area contributed by atoms with Crippen LogP contribution >= 0.6 is 11.9 Å². The predicted molar refractivity (Wildman–Crippen MR) is 162 cm³/mol. The Kier molecular flexibility index (Phi) is 14.3. The highest BCUT2D eigenvalue weighted by molar-refractivity contribution is 7.97. The van der Waals surface area contributed by atoms with Crippen LogP contribution in [0.5, 0.6) is 0 Å². The van der Waals surface area contributed by atoms with Crippen LogP contribution in [-0.4, -0.2) is 63.8 Å². The van der Waals surface area contributed by atoms with Crippen molar-refractivity contribution in [3.05, 3.63) is 60.2 Å². The van der Waals surface area contributed by atoms with Crippen LogP contribution in [0.25, 0.3) is 0 Å². The third kappa shape index (κ3) is 10.7. The van der Waals surface area contributed by atoms with Crippen molar-refractivity contribution in [2.75, 3.05) is 45.7 Å². The summed E-state index contributed by atoms with van der Waals surface area (Å²) in [4.78, 5) is 14.8. The first-order valence-electron chi connectivity index (χ1n) is 14.4. The lowest BCUT2D eigenvalue weighted by Gasteiger charge is -2.27. The van der Waals surface area contributed by atoms with Gasteiger partial charge in [-0.1, -0.05) is 49.7 Å². The van der Waals surface area contributed by atoms with Crippen molar-refractivity contribution >= 4 is 24.0 Å². The number of nitrogens with zero attached hydrogens (tertiary/aromatic N) is 1. The van der Waals surface area contributed by atoms with E-state index in [4.69, 9.17) is 19.9 Å². The first-order chi connectivity index (χ1) is 19.4. The maximum absolute atomic E-state index is 10.2. The van der Waals surface area contributed by atoms with E-state index in [2.05, 4.69) is 48.1 Å². The highest BCUT2D eigenvalue weighted by Crippen LogP contribution is 2.49. The van der Waals surface area contributed by atoms with Gasteiger partial charge in [0, 0.05) is 55.1 Å². The number of rotatable bonds is 12. The summed E-state index contributed by atoms with van der Waals surface area (Å²) in [6.07, 6.45) is 4.53. The van der Waals surface area contributed by atoms with Crippen LogP contribution in [0.2, 0.25) is 0 Å². The molecule has 4 N–H and O–H groups in total. The van der Waals surface area contributed by atoms with Gasteiger partial charge < -0.3 is 25.3 Å². The van der Waals surface area contributed by atoms with Crippen LogP contribution in [0.4, 0.5) is 5.69 Å². The normalized spacial score (nSPS) is 24.2. The standard InChI is InChI=1S/C15H26N4OS.C9H14O3.C7H8/c1-13(2)8-11-19(10-3-9-17-12-20)18-21-15-6-4-14(16)5-7-15;1-10-8-5-2-6-7(8)4-12-9(6)11-3-5;1-7-5-3-2-4-6-7/h4-7,12-13,18H,3,8-11,16H2,1-2H3,(H,17,20);5-9H,2-4H2,1H3;2-6H,1H3. The number of carbonyl (C=O) groups excluding carboxylic acids is 1. The summed E-state index contributed by atoms with van der Waals surface area (Å²) in [5.41, 5.74) is 7.78. The van der Waals surface area contributed by atoms with Crippen LogP contribution in [-0.2, 0) is 19.0 Å². The number of nitrogens with one attached hydrogen (secondary N) is 2. The molecule has 2 aromatic carbocycles. The minimum atomic E-state index is 0.0893. The largest absolute Gasteiger partial charge is 0.399 e. The van der Waals surface area contributed by atoms with Crippen LogP contribution < -0.4 is 15.9 Å². The molecule has 222 valence electrons. The Morgan fingerprint density at radius 3 is 2.42 bits per heavy atom. The molecule has 5 atom stereocenters. The van der Waals surface area contributed by atoms with Crippen LogP contribution in [0, 0.1) is 30.6 Å². The Bertz CT molecular complexity index is 966. The van der Waals surface area contributed by atoms with Gasteiger partial charge in [-0.2, -0.15) is 4.83 Å². The number of nitrogens with two attached hydrogens (primary N) is 1. The molecule has 3 fully saturated rings. The number of aryl methyl sites for hydroxylation is 1. The Balaban J connectivity index is 0.000000191. The van der Waals surface area contributed by atoms with Gasteiger partial charge in [0.05, 0.1) is 19.3 Å². The molecule has 2 aliphatic heterocycles. The van der Waals surface area contributed by atoms with Crippen LogP contribution in [0.15, 0.2) is 59.5 Å². The zero-order valence-corrected chi connectivity index (χ0v) is 25.3. The van der Waals surface area contributed by atoms with Crippen molar-refractivity contribution in [3.63, 3.8) is 0 Å². The fourth-order valence-electron chi connectivity index (χ4n) is 5.27. The number of methoxy groups -OCH3 is 1. The molecule has 2 heterocycles. The van der Waals surface area contributed by atoms with Gasteiger partial charge in [-0.15, -0.1) is 0 Å². The molecule has 0 radical (unpaired) electrons. The molecule has 3 aliphatic rings. The van der Waals surface area contributed by atoms with Gasteiger partial charge in [0.1, 0.15) is 0 Å². The Morgan fingerprint density at radius 1 is 1.07 bits per heavy atom. The molecule has 1 amide bonds. The molecule has 2 saturated heterocycles. The number of nitrogen functional groups attached to an aromatic ring is 1. The Labute approximate surface area is 244 Å². The Morgan fingerprint density at radius 2 is 1.80 bits per heavy atom. The molecule has 5 unspecified atom stereocenters. The monoisotopic (exact) mass is 572 g/mol. The summed E-state index contributed by atoms with van der Waals surface area (Å²) in [6, 6.07) is 18.1. The molecule has 0 spiro atoms. The summed E-state index contributed by atoms with van der Waals surface area (Å²) in [5, 5.41) is 4.89. The number of hydrogen-bond acceptors (Lipinski definition) is 8. The van der Waals surface area contributed by atoms with Crippen molar-refractivity contribution in [2.24, 2.45) is 23.7 Å². The van der Waals surface area contributed by atoms with E-state index in [0.717, 1.165) is 56.1 Å². The summed E-state index contributed by atoms with van der Waals surface area (Å²) < 4.78 is 16.6. The number of hydrazine groups is 1. The first kappa shape index (κ1) is 32.4. The molecule has 2 bridgehead atoms. The van der Waals surface area contributed by atoms with E-state index in [1.165, 1.54) is 12.0 Å². The van der Waals surface area contributed by atoms with Gasteiger partial charge in [0.25, 0.3) is 0 Å². The van der Waals surface area contributed by atoms with Crippen LogP contribution in [0.3, 0.4) is 0 Å². The van der Waals surface area contributed by atoms with E-state index in [0.29, 0.717) is 36.3 Å². The van der Waals surface area contributed by atoms with Gasteiger partial charge in [-0.05, 0) is 68.3 Å². The van der Waals surface area contributed by atoms with E-state index in [1.54, 1.807) is 19.1 Å². The second-order valence-electron chi connectivity index (χ2n) is 11.1. The van der Waals surface area contributed by atoms with E-state index in [9.17, 15) is 4.79 Å². The van der Waals surface area contributed by atoms with E-state index in [1.807, 2.05) is 42.5 Å². The smallest absolute Gasteiger partial charge is 0.207 e. The molecule has 5 rings (SSSR count). The number of benzene rings is 2. The van der Waals surface area contributed by atoms with Gasteiger partial charge in [0.2, 0.25) is 6.41 Å². The lowest BCUT2D eigenvalue weighted by Crippen LogP contribution is -2.36. The molecule has 9 heteroatoms. The fraction of sp³-hybridized carbons (Fsp3) is 0.581. The SMILES string of the molecule is CC(C)CCN(CCCNC=O)NSc1ccc(N)cc1.COC1C2COC3OCC1C3C2.Cc1ccccc1. The topological polar surface area (TPSA) is 98.1 Å². The molecule has 2 aromatic rings. The van der Waals surface area contributed by atoms with Crippen molar-refractivity contribution in [3.8, 4) is 0 Å². The lowest BCUT2D eigenvalue weighted by atomic mass is 9.98. The molecule has 8 nitrogen and oxygen atoms in total. The third-order valence-corrected chi connectivity index (χ3v) is 8.34. The van der Waals surface area contributed by atoms with Gasteiger partial charge in [0.15, 0.2) is 6.29 Å². The van der Waals surface area contributed by atoms with Gasteiger partial charge in [-0.25, -0.2) is 5.01 Å². The number of amides is 1. The average Bonchev–Trinajstić information content (AvgIpc) is 3.49. The van der Waals surface area contributed by atoms with Crippen molar-refractivity contribution in [1.29, 1.82) is 0 Å². The highest BCUT2D eigenvalue weighted by atomic mass is 32.2. The zero-order chi connectivity index (χ0) is 28.7. The summed E-state index contributed by atoms with van der Waals surface area (Å²) in [6.45, 7) is 10.8. The second kappa shape index (κ2) is 17.6. The maximum Gasteiger partial charge on any atom is 0.207 e. The van der Waals surface area contributed by atoms with E-state index >= 15 is 0 Å². The van der Waals surface area contributed by atoms with Crippen LogP contribution in [0.1, 0.15) is 38.7 Å². The minimum Gasteiger partial charge on any atom is -0.399 e. The molecule has 1 aliphatic carbocycles. The fourth-order valence-corrected chi connectivity index (χ4v) is 5.96. The minimum absolute atomic E-state index is 0.0893. The summed E-state index contributed by atoms with van der Waals surface area (Å²) in [7, 11) is 1.80. The van der Waals surface area contributed by atoms with Gasteiger partial charge >= 0.3 is 0 Å². The van der Waals surface area contributed by atoms with E-state index < -0.39 is 0 Å². The Hall–Kier alpha value is -2.14. The third-order valence-electron chi connectivity index (χ3n) is 7.48. The molecule has 0 aromatic heterocycles. The summed E-state index contributed by atoms with van der Waals surface area (Å²) >= 11 is 1.58. The zero-order valence-electron chi connectivity index (χ0n) is 24.5. The molecular weight excluding hydrogens is 524 g/mol. The maximum atomic E-state index is 10.2. The number of hydrogen-bond donors (Lipinski definition) is 3. The number of carbonyl (C=O) groups is 1. The number of anilines is 1. The average molecular weight is 573 g/mol. The molecule has 1 saturated carbocycles. The number of fused-ring (bicyclic) bond motifs is 1. The number of ether oxygens (including phenoxy) is 3. The van der Waals surface area contributed by atoms with Crippen molar-refractivity contribution < 1.29 is 19.0 Å². The van der Waals surface area contributed by atoms with Gasteiger partial charge in [-0.3, -0.25) is 4.79 Å².